The maximum absolute atomic E-state index is 11.9. The molecule has 1 unspecified atom stereocenters. The molecule has 1 aliphatic heterocycles. The van der Waals surface area contributed by atoms with Crippen molar-refractivity contribution in [3.05, 3.63) is 0 Å². The molecular formula is C12H19NO4. The predicted molar refractivity (Wildman–Crippen MR) is 60.6 cm³/mol. The molecule has 0 aromatic rings. The number of aliphatic carboxylic acids is 1. The number of carboxylic acids is 1. The number of carbonyl (C=O) groups is 2. The number of nitrogens with zero attached hydrogens (tertiary/aromatic N) is 1. The van der Waals surface area contributed by atoms with Crippen molar-refractivity contribution < 1.29 is 19.4 Å². The number of amides is 1. The van der Waals surface area contributed by atoms with Gasteiger partial charge in [-0.2, -0.15) is 0 Å². The number of hydrogen-bond acceptors (Lipinski definition) is 3. The molecule has 1 aliphatic carbocycles. The molecule has 2 aliphatic rings. The van der Waals surface area contributed by atoms with Crippen molar-refractivity contribution in [1.82, 2.24) is 4.90 Å². The first-order valence-electron chi connectivity index (χ1n) is 6.00. The van der Waals surface area contributed by atoms with Gasteiger partial charge in [0.05, 0.1) is 11.5 Å². The molecule has 5 nitrogen and oxygen atoms in total. The maximum Gasteiger partial charge on any atom is 0.410 e. The fraction of sp³-hybridized carbons (Fsp3) is 0.833. The standard InChI is InChI=1S/C12H19NO4/c1-11(2,3)17-10(16)13-7-8(9(14)15)12(13)5-4-6-12/h8H,4-7H2,1-3H3,(H,14,15). The van der Waals surface area contributed by atoms with E-state index in [-0.39, 0.29) is 12.6 Å². The van der Waals surface area contributed by atoms with Gasteiger partial charge in [0.15, 0.2) is 0 Å². The minimum absolute atomic E-state index is 0.282. The summed E-state index contributed by atoms with van der Waals surface area (Å²) in [4.78, 5) is 24.6. The highest BCUT2D eigenvalue weighted by Gasteiger charge is 2.62. The highest BCUT2D eigenvalue weighted by molar-refractivity contribution is 5.80. The lowest BCUT2D eigenvalue weighted by Gasteiger charge is -2.61. The van der Waals surface area contributed by atoms with Crippen LogP contribution in [0, 0.1) is 5.92 Å². The Hall–Kier alpha value is -1.26. The third-order valence-electron chi connectivity index (χ3n) is 3.68. The highest BCUT2D eigenvalue weighted by Crippen LogP contribution is 2.51. The average Bonchev–Trinajstić information content (AvgIpc) is 1.92. The summed E-state index contributed by atoms with van der Waals surface area (Å²) in [5.74, 6) is -1.21. The topological polar surface area (TPSA) is 66.8 Å². The van der Waals surface area contributed by atoms with Crippen LogP contribution in [0.2, 0.25) is 0 Å². The van der Waals surface area contributed by atoms with E-state index in [1.54, 1.807) is 4.90 Å². The lowest BCUT2D eigenvalue weighted by Crippen LogP contribution is -2.74. The second-order valence-corrected chi connectivity index (χ2v) is 5.94. The van der Waals surface area contributed by atoms with Crippen molar-refractivity contribution in [3.63, 3.8) is 0 Å². The fourth-order valence-corrected chi connectivity index (χ4v) is 2.65. The Morgan fingerprint density at radius 1 is 1.35 bits per heavy atom. The molecule has 1 saturated heterocycles. The van der Waals surface area contributed by atoms with E-state index in [4.69, 9.17) is 9.84 Å². The smallest absolute Gasteiger partial charge is 0.410 e. The zero-order valence-electron chi connectivity index (χ0n) is 10.5. The van der Waals surface area contributed by atoms with Gasteiger partial charge in [-0.05, 0) is 40.0 Å². The van der Waals surface area contributed by atoms with Crippen LogP contribution in [0.25, 0.3) is 0 Å². The van der Waals surface area contributed by atoms with Crippen LogP contribution in [0.4, 0.5) is 4.79 Å². The summed E-state index contributed by atoms with van der Waals surface area (Å²) < 4.78 is 5.29. The van der Waals surface area contributed by atoms with Gasteiger partial charge in [0.2, 0.25) is 0 Å². The number of ether oxygens (including phenoxy) is 1. The van der Waals surface area contributed by atoms with Crippen molar-refractivity contribution >= 4 is 12.1 Å². The molecule has 2 rings (SSSR count). The molecule has 0 bridgehead atoms. The van der Waals surface area contributed by atoms with Gasteiger partial charge in [0.25, 0.3) is 0 Å². The van der Waals surface area contributed by atoms with Crippen molar-refractivity contribution in [2.75, 3.05) is 6.54 Å². The average molecular weight is 241 g/mol. The normalized spacial score (nSPS) is 26.1. The van der Waals surface area contributed by atoms with E-state index in [9.17, 15) is 9.59 Å². The predicted octanol–water partition coefficient (Wildman–Crippen LogP) is 1.86. The lowest BCUT2D eigenvalue weighted by atomic mass is 9.61. The van der Waals surface area contributed by atoms with E-state index in [1.165, 1.54) is 0 Å². The quantitative estimate of drug-likeness (QED) is 0.761. The van der Waals surface area contributed by atoms with Crippen molar-refractivity contribution in [2.45, 2.75) is 51.2 Å². The molecule has 1 N–H and O–H groups in total. The lowest BCUT2D eigenvalue weighted by molar-refractivity contribution is -0.173. The summed E-state index contributed by atoms with van der Waals surface area (Å²) in [5, 5.41) is 9.09. The molecule has 2 fully saturated rings. The van der Waals surface area contributed by atoms with Gasteiger partial charge in [0.1, 0.15) is 5.60 Å². The monoisotopic (exact) mass is 241 g/mol. The summed E-state index contributed by atoms with van der Waals surface area (Å²) in [5.41, 5.74) is -0.982. The van der Waals surface area contributed by atoms with E-state index < -0.39 is 23.0 Å². The van der Waals surface area contributed by atoms with Gasteiger partial charge in [-0.1, -0.05) is 0 Å². The van der Waals surface area contributed by atoms with E-state index in [0.717, 1.165) is 19.3 Å². The minimum atomic E-state index is -0.801. The molecule has 1 amide bonds. The summed E-state index contributed by atoms with van der Waals surface area (Å²) >= 11 is 0. The minimum Gasteiger partial charge on any atom is -0.481 e. The molecule has 0 aromatic carbocycles. The summed E-state index contributed by atoms with van der Waals surface area (Å²) in [6.45, 7) is 5.72. The molecule has 0 radical (unpaired) electrons. The Bertz CT molecular complexity index is 354. The third-order valence-corrected chi connectivity index (χ3v) is 3.68. The largest absolute Gasteiger partial charge is 0.481 e. The van der Waals surface area contributed by atoms with Crippen LogP contribution in [0.3, 0.4) is 0 Å². The first-order valence-corrected chi connectivity index (χ1v) is 6.00. The van der Waals surface area contributed by atoms with Crippen LogP contribution in [-0.4, -0.2) is 39.8 Å². The second kappa shape index (κ2) is 3.62. The Morgan fingerprint density at radius 3 is 2.29 bits per heavy atom. The zero-order chi connectivity index (χ0) is 12.8. The molecule has 1 atom stereocenters. The highest BCUT2D eigenvalue weighted by atomic mass is 16.6. The molecule has 96 valence electrons. The van der Waals surface area contributed by atoms with E-state index >= 15 is 0 Å². The summed E-state index contributed by atoms with van der Waals surface area (Å²) in [6.07, 6.45) is 2.17. The molecule has 17 heavy (non-hydrogen) atoms. The number of carboxylic acid groups (broad SMARTS) is 1. The number of carbonyl (C=O) groups excluding carboxylic acids is 1. The second-order valence-electron chi connectivity index (χ2n) is 5.94. The van der Waals surface area contributed by atoms with Crippen molar-refractivity contribution in [3.8, 4) is 0 Å². The Labute approximate surface area is 101 Å². The Kier molecular flexibility index (Phi) is 2.60. The summed E-state index contributed by atoms with van der Waals surface area (Å²) in [7, 11) is 0. The van der Waals surface area contributed by atoms with Gasteiger partial charge in [-0.3, -0.25) is 4.79 Å². The molecule has 0 aromatic heterocycles. The first-order chi connectivity index (χ1) is 7.76. The van der Waals surface area contributed by atoms with Gasteiger partial charge in [0, 0.05) is 6.54 Å². The van der Waals surface area contributed by atoms with Crippen molar-refractivity contribution in [2.24, 2.45) is 5.92 Å². The number of likely N-dealkylation sites (tertiary alicyclic amines) is 1. The number of hydrogen-bond donors (Lipinski definition) is 1. The Morgan fingerprint density at radius 2 is 1.94 bits per heavy atom. The van der Waals surface area contributed by atoms with Crippen LogP contribution in [0.15, 0.2) is 0 Å². The fourth-order valence-electron chi connectivity index (χ4n) is 2.65. The number of rotatable bonds is 1. The zero-order valence-corrected chi connectivity index (χ0v) is 10.5. The SMILES string of the molecule is CC(C)(C)OC(=O)N1CC(C(=O)O)C12CCC2. The third kappa shape index (κ3) is 1.87. The van der Waals surface area contributed by atoms with Gasteiger partial charge in [-0.15, -0.1) is 0 Å². The van der Waals surface area contributed by atoms with Gasteiger partial charge < -0.3 is 14.7 Å². The van der Waals surface area contributed by atoms with Crippen LogP contribution >= 0.6 is 0 Å². The summed E-state index contributed by atoms with van der Waals surface area (Å²) in [6, 6.07) is 0. The molecule has 1 spiro atoms. The molecule has 5 heteroatoms. The van der Waals surface area contributed by atoms with E-state index in [0.29, 0.717) is 0 Å². The van der Waals surface area contributed by atoms with E-state index in [1.807, 2.05) is 20.8 Å². The van der Waals surface area contributed by atoms with Crippen LogP contribution in [0.1, 0.15) is 40.0 Å². The first kappa shape index (κ1) is 12.2. The van der Waals surface area contributed by atoms with Crippen LogP contribution in [-0.2, 0) is 9.53 Å². The van der Waals surface area contributed by atoms with Gasteiger partial charge >= 0.3 is 12.1 Å². The maximum atomic E-state index is 11.9. The van der Waals surface area contributed by atoms with Crippen molar-refractivity contribution in [1.29, 1.82) is 0 Å². The Balaban J connectivity index is 2.05. The van der Waals surface area contributed by atoms with E-state index in [2.05, 4.69) is 0 Å². The van der Waals surface area contributed by atoms with Gasteiger partial charge in [-0.25, -0.2) is 4.79 Å². The molecule has 1 heterocycles. The van der Waals surface area contributed by atoms with Crippen LogP contribution < -0.4 is 0 Å². The molecule has 1 saturated carbocycles. The molecular weight excluding hydrogens is 222 g/mol. The van der Waals surface area contributed by atoms with Crippen LogP contribution in [0.5, 0.6) is 0 Å².